The third kappa shape index (κ3) is 2.75. The zero-order valence-corrected chi connectivity index (χ0v) is 15.2. The Kier molecular flexibility index (Phi) is 3.85. The van der Waals surface area contributed by atoms with E-state index in [9.17, 15) is 8.42 Å². The summed E-state index contributed by atoms with van der Waals surface area (Å²) < 4.78 is 26.7. The lowest BCUT2D eigenvalue weighted by atomic mass is 10.2. The van der Waals surface area contributed by atoms with Crippen LogP contribution in [0, 0.1) is 3.57 Å². The van der Waals surface area contributed by atoms with Crippen LogP contribution in [0.2, 0.25) is 0 Å². The van der Waals surface area contributed by atoms with E-state index in [0.29, 0.717) is 5.82 Å². The van der Waals surface area contributed by atoms with E-state index in [1.54, 1.807) is 4.57 Å². The van der Waals surface area contributed by atoms with Crippen molar-refractivity contribution in [1.29, 1.82) is 0 Å². The Bertz CT molecular complexity index is 789. The highest BCUT2D eigenvalue weighted by Crippen LogP contribution is 2.41. The fraction of sp³-hybridized carbons (Fsp3) is 0.273. The summed E-state index contributed by atoms with van der Waals surface area (Å²) in [4.78, 5) is 0. The summed E-state index contributed by atoms with van der Waals surface area (Å²) in [5.74, 6) is 0.525. The van der Waals surface area contributed by atoms with Gasteiger partial charge in [-0.15, -0.1) is 10.2 Å². The first-order valence-corrected chi connectivity index (χ1v) is 9.91. The summed E-state index contributed by atoms with van der Waals surface area (Å²) in [7, 11) is 1.54. The van der Waals surface area contributed by atoms with E-state index in [2.05, 4.69) is 48.7 Å². The largest absolute Gasteiger partial charge is 0.296 e. The van der Waals surface area contributed by atoms with Crippen molar-refractivity contribution < 1.29 is 8.42 Å². The molecule has 0 aliphatic heterocycles. The van der Waals surface area contributed by atoms with Gasteiger partial charge in [-0.1, -0.05) is 15.9 Å². The van der Waals surface area contributed by atoms with Gasteiger partial charge in [0.1, 0.15) is 0 Å². The molecule has 1 aliphatic carbocycles. The lowest BCUT2D eigenvalue weighted by Crippen LogP contribution is -2.06. The zero-order valence-electron chi connectivity index (χ0n) is 9.92. The van der Waals surface area contributed by atoms with Gasteiger partial charge in [0.05, 0.1) is 0 Å². The van der Waals surface area contributed by atoms with E-state index in [0.717, 1.165) is 26.4 Å². The molecular formula is C11H8BrClIN3O2S. The predicted molar refractivity (Wildman–Crippen MR) is 87.2 cm³/mol. The average molecular weight is 489 g/mol. The molecule has 20 heavy (non-hydrogen) atoms. The number of nitrogens with zero attached hydrogens (tertiary/aromatic N) is 3. The molecule has 5 nitrogen and oxygen atoms in total. The molecule has 0 N–H and O–H groups in total. The highest BCUT2D eigenvalue weighted by molar-refractivity contribution is 14.1. The Morgan fingerprint density at radius 3 is 2.65 bits per heavy atom. The van der Waals surface area contributed by atoms with Gasteiger partial charge in [0, 0.05) is 30.3 Å². The van der Waals surface area contributed by atoms with Gasteiger partial charge in [0.2, 0.25) is 0 Å². The molecule has 1 aromatic carbocycles. The Balaban J connectivity index is 2.25. The van der Waals surface area contributed by atoms with Gasteiger partial charge in [0.15, 0.2) is 5.82 Å². The van der Waals surface area contributed by atoms with E-state index >= 15 is 0 Å². The summed E-state index contributed by atoms with van der Waals surface area (Å²) in [5, 5.41) is 7.62. The van der Waals surface area contributed by atoms with Crippen molar-refractivity contribution in [3.63, 3.8) is 0 Å². The van der Waals surface area contributed by atoms with Crippen molar-refractivity contribution in [2.45, 2.75) is 24.0 Å². The first-order valence-electron chi connectivity index (χ1n) is 5.73. The van der Waals surface area contributed by atoms with Crippen molar-refractivity contribution in [2.24, 2.45) is 0 Å². The fourth-order valence-corrected chi connectivity index (χ4v) is 3.80. The maximum atomic E-state index is 11.6. The molecule has 0 spiro atoms. The highest BCUT2D eigenvalue weighted by atomic mass is 127. The van der Waals surface area contributed by atoms with Crippen molar-refractivity contribution >= 4 is 58.3 Å². The minimum Gasteiger partial charge on any atom is -0.294 e. The molecule has 1 saturated carbocycles. The van der Waals surface area contributed by atoms with Gasteiger partial charge in [-0.05, 0) is 53.6 Å². The number of hydrogen-bond acceptors (Lipinski definition) is 4. The number of hydrogen-bond donors (Lipinski definition) is 0. The van der Waals surface area contributed by atoms with Crippen LogP contribution in [0.5, 0.6) is 0 Å². The summed E-state index contributed by atoms with van der Waals surface area (Å²) in [6.45, 7) is 0. The topological polar surface area (TPSA) is 64.8 Å². The molecule has 9 heteroatoms. The lowest BCUT2D eigenvalue weighted by molar-refractivity contribution is 0.579. The van der Waals surface area contributed by atoms with Crippen LogP contribution >= 0.6 is 49.2 Å². The van der Waals surface area contributed by atoms with Crippen molar-refractivity contribution in [1.82, 2.24) is 14.8 Å². The van der Waals surface area contributed by atoms with Gasteiger partial charge < -0.3 is 0 Å². The quantitative estimate of drug-likeness (QED) is 0.490. The fourth-order valence-electron chi connectivity index (χ4n) is 1.96. The summed E-state index contributed by atoms with van der Waals surface area (Å²) in [5.41, 5.74) is 0.808. The molecule has 1 aromatic heterocycles. The van der Waals surface area contributed by atoms with E-state index in [1.165, 1.54) is 0 Å². The van der Waals surface area contributed by atoms with Crippen LogP contribution in [0.15, 0.2) is 27.8 Å². The highest BCUT2D eigenvalue weighted by Gasteiger charge is 2.34. The summed E-state index contributed by atoms with van der Waals surface area (Å²) >= 11 is 5.66. The number of halogens is 3. The smallest absolute Gasteiger partial charge is 0.294 e. The second-order valence-electron chi connectivity index (χ2n) is 4.47. The molecule has 1 heterocycles. The van der Waals surface area contributed by atoms with Gasteiger partial charge in [-0.3, -0.25) is 4.57 Å². The zero-order chi connectivity index (χ0) is 14.5. The minimum atomic E-state index is -3.90. The van der Waals surface area contributed by atoms with E-state index in [-0.39, 0.29) is 11.2 Å². The van der Waals surface area contributed by atoms with E-state index in [1.807, 2.05) is 18.2 Å². The van der Waals surface area contributed by atoms with Crippen LogP contribution in [-0.2, 0) is 9.05 Å². The number of rotatable bonds is 3. The lowest BCUT2D eigenvalue weighted by Gasteiger charge is -2.09. The Hall–Kier alpha value is -0.190. The van der Waals surface area contributed by atoms with Crippen LogP contribution < -0.4 is 0 Å². The van der Waals surface area contributed by atoms with Crippen molar-refractivity contribution in [3.05, 3.63) is 26.2 Å². The first-order chi connectivity index (χ1) is 9.38. The van der Waals surface area contributed by atoms with E-state index < -0.39 is 9.05 Å². The van der Waals surface area contributed by atoms with Crippen LogP contribution in [0.4, 0.5) is 0 Å². The molecule has 0 amide bonds. The third-order valence-corrected chi connectivity index (χ3v) is 5.45. The SMILES string of the molecule is O=S(=O)(Cl)c1nnc(-c2cc(I)ccc2Br)n1C1CC1. The van der Waals surface area contributed by atoms with Gasteiger partial charge in [0.25, 0.3) is 14.2 Å². The summed E-state index contributed by atoms with van der Waals surface area (Å²) in [6, 6.07) is 5.88. The molecule has 0 radical (unpaired) electrons. The Morgan fingerprint density at radius 2 is 2.05 bits per heavy atom. The van der Waals surface area contributed by atoms with Crippen LogP contribution in [0.1, 0.15) is 18.9 Å². The molecule has 106 valence electrons. The van der Waals surface area contributed by atoms with Gasteiger partial charge in [-0.25, -0.2) is 8.42 Å². The molecule has 1 fully saturated rings. The van der Waals surface area contributed by atoms with Crippen LogP contribution in [0.25, 0.3) is 11.4 Å². The molecule has 3 rings (SSSR count). The summed E-state index contributed by atoms with van der Waals surface area (Å²) in [6.07, 6.45) is 1.82. The van der Waals surface area contributed by atoms with Crippen molar-refractivity contribution in [2.75, 3.05) is 0 Å². The van der Waals surface area contributed by atoms with E-state index in [4.69, 9.17) is 10.7 Å². The van der Waals surface area contributed by atoms with Gasteiger partial charge in [-0.2, -0.15) is 0 Å². The standard InChI is InChI=1S/C11H8BrClIN3O2S/c12-9-4-1-6(14)5-8(9)10-15-16-11(20(13,18)19)17(10)7-2-3-7/h1,4-5,7H,2-3H2. The molecule has 0 saturated heterocycles. The maximum Gasteiger partial charge on any atom is 0.296 e. The second-order valence-corrected chi connectivity index (χ2v) is 9.03. The maximum absolute atomic E-state index is 11.6. The monoisotopic (exact) mass is 487 g/mol. The third-order valence-electron chi connectivity index (χ3n) is 2.96. The molecule has 2 aromatic rings. The van der Waals surface area contributed by atoms with Gasteiger partial charge >= 0.3 is 0 Å². The first kappa shape index (κ1) is 14.7. The number of aromatic nitrogens is 3. The van der Waals surface area contributed by atoms with Crippen molar-refractivity contribution in [3.8, 4) is 11.4 Å². The normalized spacial score (nSPS) is 15.6. The van der Waals surface area contributed by atoms with Crippen LogP contribution in [0.3, 0.4) is 0 Å². The molecule has 0 unspecified atom stereocenters. The number of benzene rings is 1. The predicted octanol–water partition coefficient (Wildman–Crippen LogP) is 3.57. The molecular weight excluding hydrogens is 480 g/mol. The Labute approximate surface area is 142 Å². The minimum absolute atomic E-state index is 0.105. The second kappa shape index (κ2) is 5.22. The van der Waals surface area contributed by atoms with Crippen LogP contribution in [-0.4, -0.2) is 23.2 Å². The molecule has 1 aliphatic rings. The molecule has 0 bridgehead atoms. The Morgan fingerprint density at radius 1 is 1.35 bits per heavy atom. The molecule has 0 atom stereocenters. The average Bonchev–Trinajstić information content (AvgIpc) is 3.09.